The molecular weight excluding hydrogens is 358 g/mol. The van der Waals surface area contributed by atoms with Crippen molar-refractivity contribution in [2.75, 3.05) is 5.32 Å². The molecule has 1 amide bonds. The number of hydrogen-bond donors (Lipinski definition) is 1. The fourth-order valence-corrected chi connectivity index (χ4v) is 3.17. The Hall–Kier alpha value is -3.29. The largest absolute Gasteiger partial charge is 0.321 e. The molecule has 4 nitrogen and oxygen atoms in total. The smallest absolute Gasteiger partial charge is 0.266 e. The minimum absolute atomic E-state index is 0.0308. The van der Waals surface area contributed by atoms with Crippen LogP contribution in [0.3, 0.4) is 0 Å². The average Bonchev–Trinajstić information content (AvgIpc) is 2.93. The molecule has 0 aliphatic rings. The molecule has 1 N–H and O–H groups in total. The van der Waals surface area contributed by atoms with Crippen molar-refractivity contribution >= 4 is 29.3 Å². The SMILES string of the molecule is Cc1cc(/C=C(\C#N)C(=O)Nc2cccc(Cl)c2)c(C)n1-c1ccccc1. The summed E-state index contributed by atoms with van der Waals surface area (Å²) in [6.45, 7) is 3.96. The van der Waals surface area contributed by atoms with E-state index in [0.29, 0.717) is 10.7 Å². The molecule has 2 aromatic carbocycles. The van der Waals surface area contributed by atoms with Crippen LogP contribution >= 0.6 is 11.6 Å². The van der Waals surface area contributed by atoms with Crippen molar-refractivity contribution in [3.05, 3.63) is 88.2 Å². The minimum Gasteiger partial charge on any atom is -0.321 e. The monoisotopic (exact) mass is 375 g/mol. The maximum Gasteiger partial charge on any atom is 0.266 e. The highest BCUT2D eigenvalue weighted by atomic mass is 35.5. The summed E-state index contributed by atoms with van der Waals surface area (Å²) in [5.41, 5.74) is 4.43. The second-order valence-corrected chi connectivity index (χ2v) is 6.57. The van der Waals surface area contributed by atoms with Gasteiger partial charge in [-0.2, -0.15) is 5.26 Å². The summed E-state index contributed by atoms with van der Waals surface area (Å²) >= 11 is 5.94. The molecule has 0 bridgehead atoms. The number of aryl methyl sites for hydroxylation is 1. The van der Waals surface area contributed by atoms with Crippen LogP contribution in [0.4, 0.5) is 5.69 Å². The molecule has 27 heavy (non-hydrogen) atoms. The van der Waals surface area contributed by atoms with Crippen LogP contribution in [-0.4, -0.2) is 10.5 Å². The van der Waals surface area contributed by atoms with Crippen LogP contribution in [0.1, 0.15) is 17.0 Å². The molecule has 0 atom stereocenters. The van der Waals surface area contributed by atoms with Gasteiger partial charge in [0.2, 0.25) is 0 Å². The highest BCUT2D eigenvalue weighted by Crippen LogP contribution is 2.23. The lowest BCUT2D eigenvalue weighted by Gasteiger charge is -2.09. The van der Waals surface area contributed by atoms with Gasteiger partial charge in [0.05, 0.1) is 0 Å². The van der Waals surface area contributed by atoms with Gasteiger partial charge < -0.3 is 9.88 Å². The zero-order valence-corrected chi connectivity index (χ0v) is 15.8. The van der Waals surface area contributed by atoms with Gasteiger partial charge in [-0.25, -0.2) is 0 Å². The molecule has 3 rings (SSSR count). The summed E-state index contributed by atoms with van der Waals surface area (Å²) in [5, 5.41) is 12.7. The number of nitrogens with one attached hydrogen (secondary N) is 1. The fraction of sp³-hybridized carbons (Fsp3) is 0.0909. The van der Waals surface area contributed by atoms with Crippen LogP contribution < -0.4 is 5.32 Å². The second kappa shape index (κ2) is 7.94. The Labute approximate surface area is 163 Å². The standard InChI is InChI=1S/C22H18ClN3O/c1-15-11-17(16(2)26(15)21-9-4-3-5-10-21)12-18(14-24)22(27)25-20-8-6-7-19(23)13-20/h3-13H,1-2H3,(H,25,27)/b18-12+. The number of hydrogen-bond acceptors (Lipinski definition) is 2. The first-order chi connectivity index (χ1) is 13.0. The lowest BCUT2D eigenvalue weighted by molar-refractivity contribution is -0.112. The molecule has 0 aliphatic heterocycles. The molecule has 0 saturated heterocycles. The summed E-state index contributed by atoms with van der Waals surface area (Å²) in [6.07, 6.45) is 1.61. The summed E-state index contributed by atoms with van der Waals surface area (Å²) in [5.74, 6) is -0.468. The second-order valence-electron chi connectivity index (χ2n) is 6.13. The Bertz CT molecular complexity index is 1060. The summed E-state index contributed by atoms with van der Waals surface area (Å²) in [4.78, 5) is 12.5. The van der Waals surface area contributed by atoms with Gasteiger partial charge in [-0.3, -0.25) is 4.79 Å². The van der Waals surface area contributed by atoms with Crippen molar-refractivity contribution in [2.24, 2.45) is 0 Å². The Morgan fingerprint density at radius 1 is 1.11 bits per heavy atom. The van der Waals surface area contributed by atoms with Crippen molar-refractivity contribution in [1.29, 1.82) is 5.26 Å². The number of para-hydroxylation sites is 1. The first-order valence-corrected chi connectivity index (χ1v) is 8.80. The third-order valence-electron chi connectivity index (χ3n) is 4.23. The zero-order valence-electron chi connectivity index (χ0n) is 15.0. The van der Waals surface area contributed by atoms with Crippen LogP contribution in [-0.2, 0) is 4.79 Å². The van der Waals surface area contributed by atoms with E-state index in [2.05, 4.69) is 9.88 Å². The van der Waals surface area contributed by atoms with Crippen LogP contribution in [0.25, 0.3) is 11.8 Å². The van der Waals surface area contributed by atoms with E-state index < -0.39 is 5.91 Å². The summed E-state index contributed by atoms with van der Waals surface area (Å²) in [7, 11) is 0. The van der Waals surface area contributed by atoms with Crippen molar-refractivity contribution < 1.29 is 4.79 Å². The maximum absolute atomic E-state index is 12.5. The molecule has 0 unspecified atom stereocenters. The predicted molar refractivity (Wildman–Crippen MR) is 109 cm³/mol. The molecule has 134 valence electrons. The van der Waals surface area contributed by atoms with Crippen molar-refractivity contribution in [2.45, 2.75) is 13.8 Å². The Kier molecular flexibility index (Phi) is 5.44. The van der Waals surface area contributed by atoms with Crippen molar-refractivity contribution in [3.8, 4) is 11.8 Å². The Morgan fingerprint density at radius 2 is 1.85 bits per heavy atom. The minimum atomic E-state index is -0.468. The van der Waals surface area contributed by atoms with Crippen molar-refractivity contribution in [3.63, 3.8) is 0 Å². The van der Waals surface area contributed by atoms with Gasteiger partial charge >= 0.3 is 0 Å². The number of aromatic nitrogens is 1. The fourth-order valence-electron chi connectivity index (χ4n) is 2.98. The maximum atomic E-state index is 12.5. The summed E-state index contributed by atoms with van der Waals surface area (Å²) in [6, 6.07) is 20.7. The van der Waals surface area contributed by atoms with E-state index >= 15 is 0 Å². The topological polar surface area (TPSA) is 57.8 Å². The van der Waals surface area contributed by atoms with E-state index in [9.17, 15) is 10.1 Å². The number of carbonyl (C=O) groups excluding carboxylic acids is 1. The highest BCUT2D eigenvalue weighted by molar-refractivity contribution is 6.31. The molecule has 0 fully saturated rings. The van der Waals surface area contributed by atoms with Gasteiger partial charge in [0.15, 0.2) is 0 Å². The lowest BCUT2D eigenvalue weighted by Crippen LogP contribution is -2.13. The van der Waals surface area contributed by atoms with Crippen LogP contribution in [0, 0.1) is 25.2 Å². The van der Waals surface area contributed by atoms with E-state index in [4.69, 9.17) is 11.6 Å². The van der Waals surface area contributed by atoms with E-state index in [1.807, 2.05) is 56.3 Å². The first kappa shape index (κ1) is 18.5. The predicted octanol–water partition coefficient (Wildman–Crippen LogP) is 5.29. The quantitative estimate of drug-likeness (QED) is 0.497. The molecule has 3 aromatic rings. The summed E-state index contributed by atoms with van der Waals surface area (Å²) < 4.78 is 2.09. The number of carbonyl (C=O) groups is 1. The molecule has 0 saturated carbocycles. The Morgan fingerprint density at radius 3 is 2.52 bits per heavy atom. The number of rotatable bonds is 4. The van der Waals surface area contributed by atoms with Gasteiger partial charge in [0, 0.05) is 27.8 Å². The van der Waals surface area contributed by atoms with E-state index in [1.54, 1.807) is 30.3 Å². The van der Waals surface area contributed by atoms with Crippen LogP contribution in [0.15, 0.2) is 66.2 Å². The lowest BCUT2D eigenvalue weighted by atomic mass is 10.1. The normalized spacial score (nSPS) is 11.1. The average molecular weight is 376 g/mol. The number of benzene rings is 2. The van der Waals surface area contributed by atoms with Gasteiger partial charge in [-0.1, -0.05) is 35.9 Å². The molecular formula is C22H18ClN3O. The van der Waals surface area contributed by atoms with E-state index in [1.165, 1.54) is 0 Å². The number of nitrogens with zero attached hydrogens (tertiary/aromatic N) is 2. The van der Waals surface area contributed by atoms with E-state index in [0.717, 1.165) is 22.6 Å². The van der Waals surface area contributed by atoms with Gasteiger partial charge in [-0.05, 0) is 61.9 Å². The molecule has 1 heterocycles. The van der Waals surface area contributed by atoms with Gasteiger partial charge in [0.1, 0.15) is 11.6 Å². The van der Waals surface area contributed by atoms with Crippen molar-refractivity contribution in [1.82, 2.24) is 4.57 Å². The number of amides is 1. The van der Waals surface area contributed by atoms with E-state index in [-0.39, 0.29) is 5.57 Å². The third-order valence-corrected chi connectivity index (χ3v) is 4.47. The number of anilines is 1. The first-order valence-electron chi connectivity index (χ1n) is 8.42. The molecule has 5 heteroatoms. The Balaban J connectivity index is 1.92. The molecule has 0 spiro atoms. The molecule has 1 aromatic heterocycles. The zero-order chi connectivity index (χ0) is 19.4. The van der Waals surface area contributed by atoms with Crippen LogP contribution in [0.2, 0.25) is 5.02 Å². The highest BCUT2D eigenvalue weighted by Gasteiger charge is 2.14. The third kappa shape index (κ3) is 4.11. The van der Waals surface area contributed by atoms with Crippen LogP contribution in [0.5, 0.6) is 0 Å². The van der Waals surface area contributed by atoms with Gasteiger partial charge in [-0.15, -0.1) is 0 Å². The molecule has 0 radical (unpaired) electrons. The van der Waals surface area contributed by atoms with Gasteiger partial charge in [0.25, 0.3) is 5.91 Å². The number of halogens is 1. The number of nitriles is 1. The molecule has 0 aliphatic carbocycles.